The summed E-state index contributed by atoms with van der Waals surface area (Å²) in [5, 5.41) is 3.20. The molecule has 0 unspecified atom stereocenters. The molecule has 3 aromatic rings. The van der Waals surface area contributed by atoms with Crippen molar-refractivity contribution in [1.29, 1.82) is 0 Å². The summed E-state index contributed by atoms with van der Waals surface area (Å²) in [6.45, 7) is 5.45. The van der Waals surface area contributed by atoms with Gasteiger partial charge >= 0.3 is 0 Å². The lowest BCUT2D eigenvalue weighted by Gasteiger charge is -2.36. The van der Waals surface area contributed by atoms with E-state index in [2.05, 4.69) is 23.8 Å². The number of para-hydroxylation sites is 1. The first-order valence-electron chi connectivity index (χ1n) is 12.0. The van der Waals surface area contributed by atoms with E-state index >= 15 is 8.78 Å². The first kappa shape index (κ1) is 22.0. The van der Waals surface area contributed by atoms with Crippen molar-refractivity contribution in [3.63, 3.8) is 0 Å². The van der Waals surface area contributed by atoms with E-state index in [-0.39, 0.29) is 18.0 Å². The van der Waals surface area contributed by atoms with E-state index in [0.717, 1.165) is 46.9 Å². The topological polar surface area (TPSA) is 35.6 Å². The Kier molecular flexibility index (Phi) is 5.04. The number of likely N-dealkylation sites (tertiary alicyclic amines) is 1. The number of carbonyl (C=O) groups is 1. The maximum atomic E-state index is 15.4. The molecule has 1 N–H and O–H groups in total. The fourth-order valence-electron chi connectivity index (χ4n) is 5.82. The number of hydrogen-bond donors (Lipinski definition) is 1. The molecule has 0 atom stereocenters. The summed E-state index contributed by atoms with van der Waals surface area (Å²) in [4.78, 5) is 17.5. The number of rotatable bonds is 3. The highest BCUT2D eigenvalue weighted by Gasteiger charge is 2.51. The van der Waals surface area contributed by atoms with Crippen molar-refractivity contribution in [3.8, 4) is 11.1 Å². The molecule has 1 saturated heterocycles. The van der Waals surface area contributed by atoms with Crippen LogP contribution in [0.3, 0.4) is 0 Å². The first-order chi connectivity index (χ1) is 16.9. The van der Waals surface area contributed by atoms with E-state index in [1.54, 1.807) is 4.90 Å². The van der Waals surface area contributed by atoms with Crippen molar-refractivity contribution in [2.45, 2.75) is 31.2 Å². The van der Waals surface area contributed by atoms with Crippen LogP contribution < -0.4 is 10.2 Å². The summed E-state index contributed by atoms with van der Waals surface area (Å²) in [7, 11) is 2.05. The Morgan fingerprint density at radius 3 is 2.46 bits per heavy atom. The van der Waals surface area contributed by atoms with E-state index in [0.29, 0.717) is 24.8 Å². The van der Waals surface area contributed by atoms with Gasteiger partial charge in [0.15, 0.2) is 0 Å². The minimum absolute atomic E-state index is 0.0546. The Balaban J connectivity index is 1.33. The Hall–Kier alpha value is -3.51. The highest BCUT2D eigenvalue weighted by atomic mass is 19.1. The third-order valence-corrected chi connectivity index (χ3v) is 7.82. The highest BCUT2D eigenvalue weighted by Crippen LogP contribution is 2.48. The number of allylic oxidation sites excluding steroid dienone is 1. The molecule has 3 aliphatic heterocycles. The van der Waals surface area contributed by atoms with Crippen molar-refractivity contribution >= 4 is 17.3 Å². The van der Waals surface area contributed by atoms with Crippen LogP contribution in [0, 0.1) is 11.6 Å². The van der Waals surface area contributed by atoms with Crippen molar-refractivity contribution in [3.05, 3.63) is 95.2 Å². The second kappa shape index (κ2) is 8.02. The molecule has 35 heavy (non-hydrogen) atoms. The van der Waals surface area contributed by atoms with Gasteiger partial charge in [-0.3, -0.25) is 4.79 Å². The van der Waals surface area contributed by atoms with Gasteiger partial charge in [-0.05, 0) is 85.6 Å². The molecule has 6 heteroatoms. The summed E-state index contributed by atoms with van der Waals surface area (Å²) < 4.78 is 30.7. The average molecular weight is 472 g/mol. The molecule has 0 saturated carbocycles. The second-order valence-electron chi connectivity index (χ2n) is 9.99. The molecule has 4 nitrogen and oxygen atoms in total. The Labute approximate surface area is 203 Å². The highest BCUT2D eigenvalue weighted by molar-refractivity contribution is 6.08. The zero-order valence-corrected chi connectivity index (χ0v) is 19.7. The third-order valence-electron chi connectivity index (χ3n) is 7.82. The summed E-state index contributed by atoms with van der Waals surface area (Å²) >= 11 is 0. The molecular weight excluding hydrogens is 444 g/mol. The van der Waals surface area contributed by atoms with E-state index in [9.17, 15) is 4.79 Å². The lowest BCUT2D eigenvalue weighted by Crippen LogP contribution is -2.47. The zero-order chi connectivity index (χ0) is 24.3. The molecule has 1 fully saturated rings. The van der Waals surface area contributed by atoms with Gasteiger partial charge in [-0.15, -0.1) is 0 Å². The van der Waals surface area contributed by atoms with Crippen molar-refractivity contribution in [1.82, 2.24) is 4.90 Å². The lowest BCUT2D eigenvalue weighted by atomic mass is 9.74. The SMILES string of the molecule is C=C1Cc2cc(-c3cc(F)c(CN4C(=O)C5(CCN(C)CC5)c5ccccc54)c(F)c3)ccc2N1. The number of benzene rings is 3. The van der Waals surface area contributed by atoms with E-state index < -0.39 is 17.0 Å². The Bertz CT molecular complexity index is 1350. The second-order valence-corrected chi connectivity index (χ2v) is 9.99. The first-order valence-corrected chi connectivity index (χ1v) is 12.0. The number of fused-ring (bicyclic) bond motifs is 3. The fourth-order valence-corrected chi connectivity index (χ4v) is 5.82. The maximum Gasteiger partial charge on any atom is 0.238 e. The van der Waals surface area contributed by atoms with Crippen LogP contribution in [0.5, 0.6) is 0 Å². The van der Waals surface area contributed by atoms with Gasteiger partial charge in [0.2, 0.25) is 5.91 Å². The summed E-state index contributed by atoms with van der Waals surface area (Å²) in [5.74, 6) is -1.34. The van der Waals surface area contributed by atoms with Crippen LogP contribution in [0.25, 0.3) is 11.1 Å². The summed E-state index contributed by atoms with van der Waals surface area (Å²) in [6, 6.07) is 16.1. The predicted octanol–water partition coefficient (Wildman–Crippen LogP) is 5.62. The molecule has 3 heterocycles. The number of nitrogens with one attached hydrogen (secondary N) is 1. The van der Waals surface area contributed by atoms with Crippen LogP contribution in [0.4, 0.5) is 20.2 Å². The maximum absolute atomic E-state index is 15.4. The predicted molar refractivity (Wildman–Crippen MR) is 134 cm³/mol. The monoisotopic (exact) mass is 471 g/mol. The van der Waals surface area contributed by atoms with Gasteiger partial charge in [0, 0.05) is 29.1 Å². The number of amides is 1. The average Bonchev–Trinajstić information content (AvgIpc) is 3.32. The third kappa shape index (κ3) is 3.47. The van der Waals surface area contributed by atoms with E-state index in [1.165, 1.54) is 12.1 Å². The minimum Gasteiger partial charge on any atom is -0.359 e. The Morgan fingerprint density at radius 2 is 1.71 bits per heavy atom. The van der Waals surface area contributed by atoms with Gasteiger partial charge in [-0.2, -0.15) is 0 Å². The number of carbonyl (C=O) groups excluding carboxylic acids is 1. The smallest absolute Gasteiger partial charge is 0.238 e. The van der Waals surface area contributed by atoms with Gasteiger partial charge in [0.1, 0.15) is 11.6 Å². The van der Waals surface area contributed by atoms with Crippen LogP contribution in [-0.4, -0.2) is 30.9 Å². The summed E-state index contributed by atoms with van der Waals surface area (Å²) in [5.41, 5.74) is 5.20. The molecule has 0 bridgehead atoms. The largest absolute Gasteiger partial charge is 0.359 e. The van der Waals surface area contributed by atoms with Crippen LogP contribution in [0.2, 0.25) is 0 Å². The van der Waals surface area contributed by atoms with Gasteiger partial charge in [-0.25, -0.2) is 8.78 Å². The summed E-state index contributed by atoms with van der Waals surface area (Å²) in [6.07, 6.45) is 2.11. The lowest BCUT2D eigenvalue weighted by molar-refractivity contribution is -0.124. The quantitative estimate of drug-likeness (QED) is 0.538. The molecule has 6 rings (SSSR count). The number of anilines is 2. The van der Waals surface area contributed by atoms with Crippen LogP contribution >= 0.6 is 0 Å². The Morgan fingerprint density at radius 1 is 1.00 bits per heavy atom. The van der Waals surface area contributed by atoms with Crippen molar-refractivity contribution in [2.24, 2.45) is 0 Å². The van der Waals surface area contributed by atoms with Gasteiger partial charge < -0.3 is 15.1 Å². The molecule has 1 amide bonds. The van der Waals surface area contributed by atoms with Crippen molar-refractivity contribution in [2.75, 3.05) is 30.4 Å². The number of nitrogens with zero attached hydrogens (tertiary/aromatic N) is 2. The van der Waals surface area contributed by atoms with Gasteiger partial charge in [0.25, 0.3) is 0 Å². The minimum atomic E-state index is -0.641. The molecular formula is C29H27F2N3O. The van der Waals surface area contributed by atoms with Crippen molar-refractivity contribution < 1.29 is 13.6 Å². The molecule has 1 spiro atoms. The number of hydrogen-bond acceptors (Lipinski definition) is 3. The molecule has 0 radical (unpaired) electrons. The normalized spacial score (nSPS) is 18.7. The number of halogens is 2. The van der Waals surface area contributed by atoms with E-state index in [4.69, 9.17) is 0 Å². The van der Waals surface area contributed by atoms with E-state index in [1.807, 2.05) is 42.5 Å². The molecule has 0 aliphatic carbocycles. The van der Waals surface area contributed by atoms with Crippen LogP contribution in [0.1, 0.15) is 29.5 Å². The fraction of sp³-hybridized carbons (Fsp3) is 0.276. The van der Waals surface area contributed by atoms with Crippen LogP contribution in [-0.2, 0) is 23.2 Å². The van der Waals surface area contributed by atoms with Gasteiger partial charge in [0.05, 0.1) is 12.0 Å². The molecule has 0 aromatic heterocycles. The molecule has 3 aliphatic rings. The number of piperidine rings is 1. The van der Waals surface area contributed by atoms with Gasteiger partial charge in [-0.1, -0.05) is 30.8 Å². The zero-order valence-electron chi connectivity index (χ0n) is 19.7. The standard InChI is InChI=1S/C29H27F2N3O/c1-18-13-21-14-19(7-8-26(21)32-18)20-15-24(30)22(25(31)16-20)17-34-27-6-4-3-5-23(27)29(28(34)35)9-11-33(2)12-10-29/h3-8,14-16,32H,1,9-13,17H2,2H3. The van der Waals surface area contributed by atoms with Crippen LogP contribution in [0.15, 0.2) is 66.9 Å². The molecule has 178 valence electrons. The molecule has 3 aromatic carbocycles.